The zero-order valence-electron chi connectivity index (χ0n) is 18.3. The van der Waals surface area contributed by atoms with Crippen molar-refractivity contribution in [3.8, 4) is 0 Å². The third-order valence-corrected chi connectivity index (χ3v) is 6.06. The van der Waals surface area contributed by atoms with Gasteiger partial charge in [-0.15, -0.1) is 0 Å². The molecule has 1 fully saturated rings. The smallest absolute Gasteiger partial charge is 0.251 e. The summed E-state index contributed by atoms with van der Waals surface area (Å²) in [5.41, 5.74) is 1.72. The van der Waals surface area contributed by atoms with E-state index in [4.69, 9.17) is 4.74 Å². The Balaban J connectivity index is 1.38. The van der Waals surface area contributed by atoms with Crippen molar-refractivity contribution in [1.82, 2.24) is 14.9 Å². The molecule has 0 spiro atoms. The fraction of sp³-hybridized carbons (Fsp3) is 0.320. The lowest BCUT2D eigenvalue weighted by Crippen LogP contribution is -2.44. The lowest BCUT2D eigenvalue weighted by Gasteiger charge is -2.38. The first-order chi connectivity index (χ1) is 16.0. The summed E-state index contributed by atoms with van der Waals surface area (Å²) in [4.78, 5) is 29.1. The summed E-state index contributed by atoms with van der Waals surface area (Å²) in [6, 6.07) is 13.3. The average molecular weight is 451 g/mol. The van der Waals surface area contributed by atoms with Gasteiger partial charge >= 0.3 is 0 Å². The highest BCUT2D eigenvalue weighted by Gasteiger charge is 2.35. The van der Waals surface area contributed by atoms with Crippen LogP contribution in [0, 0.1) is 5.82 Å². The Kier molecular flexibility index (Phi) is 7.14. The van der Waals surface area contributed by atoms with Crippen LogP contribution in [0.3, 0.4) is 0 Å². The summed E-state index contributed by atoms with van der Waals surface area (Å²) in [5, 5.41) is 5.87. The molecule has 1 saturated heterocycles. The molecule has 8 heteroatoms. The van der Waals surface area contributed by atoms with Gasteiger partial charge in [0, 0.05) is 61.8 Å². The van der Waals surface area contributed by atoms with Crippen molar-refractivity contribution in [3.05, 3.63) is 84.2 Å². The standard InChI is InChI=1S/C25H27FN4O3/c26-21-6-4-20(5-7-21)25(9-14-33-15-10-25)17-28-24(32)19-2-1-3-22(16-19)29-23(31)8-12-30-13-11-27-18-30/h1-7,11,13,16,18H,8-10,12,14-15,17H2,(H,28,32)(H,29,31). The summed E-state index contributed by atoms with van der Waals surface area (Å²) in [5.74, 6) is -0.648. The summed E-state index contributed by atoms with van der Waals surface area (Å²) >= 11 is 0. The van der Waals surface area contributed by atoms with Crippen LogP contribution in [0.5, 0.6) is 0 Å². The van der Waals surface area contributed by atoms with Crippen LogP contribution in [0.4, 0.5) is 10.1 Å². The fourth-order valence-electron chi connectivity index (χ4n) is 4.10. The number of nitrogens with zero attached hydrogens (tertiary/aromatic N) is 2. The number of hydrogen-bond donors (Lipinski definition) is 2. The topological polar surface area (TPSA) is 85.2 Å². The zero-order valence-corrected chi connectivity index (χ0v) is 18.3. The van der Waals surface area contributed by atoms with E-state index in [2.05, 4.69) is 15.6 Å². The first kappa shape index (κ1) is 22.7. The Bertz CT molecular complexity index is 1080. The van der Waals surface area contributed by atoms with Crippen molar-refractivity contribution in [1.29, 1.82) is 0 Å². The van der Waals surface area contributed by atoms with E-state index in [1.807, 2.05) is 4.57 Å². The van der Waals surface area contributed by atoms with E-state index in [0.29, 0.717) is 44.0 Å². The molecule has 0 saturated carbocycles. The molecule has 2 heterocycles. The minimum Gasteiger partial charge on any atom is -0.381 e. The molecule has 2 N–H and O–H groups in total. The maximum absolute atomic E-state index is 13.4. The van der Waals surface area contributed by atoms with Gasteiger partial charge in [0.25, 0.3) is 5.91 Å². The molecule has 0 radical (unpaired) electrons. The highest BCUT2D eigenvalue weighted by Crippen LogP contribution is 2.34. The van der Waals surface area contributed by atoms with Crippen LogP contribution in [0.2, 0.25) is 0 Å². The van der Waals surface area contributed by atoms with Crippen molar-refractivity contribution in [3.63, 3.8) is 0 Å². The van der Waals surface area contributed by atoms with Gasteiger partial charge in [-0.05, 0) is 48.7 Å². The van der Waals surface area contributed by atoms with E-state index in [9.17, 15) is 14.0 Å². The van der Waals surface area contributed by atoms with Gasteiger partial charge in [-0.2, -0.15) is 0 Å². The molecule has 7 nitrogen and oxygen atoms in total. The monoisotopic (exact) mass is 450 g/mol. The van der Waals surface area contributed by atoms with Gasteiger partial charge in [0.05, 0.1) is 6.33 Å². The number of hydrogen-bond acceptors (Lipinski definition) is 4. The Hall–Kier alpha value is -3.52. The van der Waals surface area contributed by atoms with Crippen LogP contribution in [0.25, 0.3) is 0 Å². The molecule has 0 bridgehead atoms. The Morgan fingerprint density at radius 2 is 1.91 bits per heavy atom. The van der Waals surface area contributed by atoms with E-state index < -0.39 is 0 Å². The molecular weight excluding hydrogens is 423 g/mol. The number of aromatic nitrogens is 2. The molecule has 0 aliphatic carbocycles. The molecule has 1 aliphatic heterocycles. The molecule has 4 rings (SSSR count). The van der Waals surface area contributed by atoms with Crippen molar-refractivity contribution in [2.24, 2.45) is 0 Å². The molecule has 0 unspecified atom stereocenters. The van der Waals surface area contributed by atoms with Gasteiger partial charge in [-0.1, -0.05) is 18.2 Å². The third-order valence-electron chi connectivity index (χ3n) is 6.06. The van der Waals surface area contributed by atoms with E-state index in [1.54, 1.807) is 55.1 Å². The quantitative estimate of drug-likeness (QED) is 0.550. The molecule has 1 aliphatic rings. The van der Waals surface area contributed by atoms with Crippen LogP contribution in [0.1, 0.15) is 35.2 Å². The number of amides is 2. The van der Waals surface area contributed by atoms with Crippen LogP contribution in [-0.2, 0) is 21.5 Å². The molecule has 172 valence electrons. The highest BCUT2D eigenvalue weighted by atomic mass is 19.1. The lowest BCUT2D eigenvalue weighted by atomic mass is 9.74. The third kappa shape index (κ3) is 5.84. The number of anilines is 1. The maximum Gasteiger partial charge on any atom is 0.251 e. The number of halogens is 1. The van der Waals surface area contributed by atoms with Crippen molar-refractivity contribution >= 4 is 17.5 Å². The van der Waals surface area contributed by atoms with Gasteiger partial charge in [0.15, 0.2) is 0 Å². The minimum atomic E-state index is -0.305. The average Bonchev–Trinajstić information content (AvgIpc) is 3.36. The van der Waals surface area contributed by atoms with Crippen LogP contribution >= 0.6 is 0 Å². The Morgan fingerprint density at radius 1 is 1.12 bits per heavy atom. The number of carbonyl (C=O) groups excluding carboxylic acids is 2. The van der Waals surface area contributed by atoms with E-state index in [0.717, 1.165) is 18.4 Å². The summed E-state index contributed by atoms with van der Waals surface area (Å²) in [7, 11) is 0. The second-order valence-electron chi connectivity index (χ2n) is 8.26. The van der Waals surface area contributed by atoms with Gasteiger partial charge in [-0.3, -0.25) is 9.59 Å². The lowest BCUT2D eigenvalue weighted by molar-refractivity contribution is -0.116. The minimum absolute atomic E-state index is 0.140. The fourth-order valence-corrected chi connectivity index (χ4v) is 4.10. The van der Waals surface area contributed by atoms with Crippen molar-refractivity contribution in [2.75, 3.05) is 25.1 Å². The van der Waals surface area contributed by atoms with Crippen molar-refractivity contribution in [2.45, 2.75) is 31.2 Å². The number of nitrogens with one attached hydrogen (secondary N) is 2. The van der Waals surface area contributed by atoms with Gasteiger partial charge in [0.2, 0.25) is 5.91 Å². The molecular formula is C25H27FN4O3. The van der Waals surface area contributed by atoms with Crippen LogP contribution in [-0.4, -0.2) is 41.1 Å². The molecule has 2 amide bonds. The van der Waals surface area contributed by atoms with Crippen molar-refractivity contribution < 1.29 is 18.7 Å². The van der Waals surface area contributed by atoms with Gasteiger partial charge < -0.3 is 19.9 Å². The van der Waals surface area contributed by atoms with E-state index in [-0.39, 0.29) is 23.0 Å². The Labute approximate surface area is 192 Å². The van der Waals surface area contributed by atoms with E-state index in [1.165, 1.54) is 12.1 Å². The SMILES string of the molecule is O=C(CCn1ccnc1)Nc1cccc(C(=O)NCC2(c3ccc(F)cc3)CCOCC2)c1. The number of ether oxygens (including phenoxy) is 1. The van der Waals surface area contributed by atoms with Gasteiger partial charge in [0.1, 0.15) is 5.82 Å². The predicted molar refractivity (Wildman–Crippen MR) is 122 cm³/mol. The second-order valence-corrected chi connectivity index (χ2v) is 8.26. The number of benzene rings is 2. The highest BCUT2D eigenvalue weighted by molar-refractivity contribution is 5.97. The predicted octanol–water partition coefficient (Wildman–Crippen LogP) is 3.53. The number of aryl methyl sites for hydroxylation is 1. The summed E-state index contributed by atoms with van der Waals surface area (Å²) < 4.78 is 20.8. The molecule has 3 aromatic rings. The number of carbonyl (C=O) groups is 2. The summed E-state index contributed by atoms with van der Waals surface area (Å²) in [6.45, 7) is 2.13. The van der Waals surface area contributed by atoms with E-state index >= 15 is 0 Å². The normalized spacial score (nSPS) is 15.1. The molecule has 2 aromatic carbocycles. The van der Waals surface area contributed by atoms with Crippen LogP contribution in [0.15, 0.2) is 67.3 Å². The molecule has 33 heavy (non-hydrogen) atoms. The van der Waals surface area contributed by atoms with Crippen LogP contribution < -0.4 is 10.6 Å². The molecule has 1 aromatic heterocycles. The van der Waals surface area contributed by atoms with Gasteiger partial charge in [-0.25, -0.2) is 9.37 Å². The second kappa shape index (κ2) is 10.4. The molecule has 0 atom stereocenters. The largest absolute Gasteiger partial charge is 0.381 e. The maximum atomic E-state index is 13.4. The zero-order chi connectivity index (χ0) is 23.1. The Morgan fingerprint density at radius 3 is 2.64 bits per heavy atom. The number of imidazole rings is 1. The first-order valence-corrected chi connectivity index (χ1v) is 11.0. The number of rotatable bonds is 8. The summed E-state index contributed by atoms with van der Waals surface area (Å²) in [6.07, 6.45) is 6.91. The first-order valence-electron chi connectivity index (χ1n) is 11.0.